The second kappa shape index (κ2) is 5.65. The molecule has 128 valence electrons. The van der Waals surface area contributed by atoms with Crippen LogP contribution in [0.1, 0.15) is 45.5 Å². The first kappa shape index (κ1) is 16.2. The third-order valence-electron chi connectivity index (χ3n) is 4.84. The van der Waals surface area contributed by atoms with Crippen LogP contribution in [0.5, 0.6) is 0 Å². The van der Waals surface area contributed by atoms with Crippen LogP contribution < -0.4 is 5.46 Å². The third kappa shape index (κ3) is 3.17. The van der Waals surface area contributed by atoms with E-state index >= 15 is 0 Å². The van der Waals surface area contributed by atoms with Crippen molar-refractivity contribution in [3.8, 4) is 11.3 Å². The van der Waals surface area contributed by atoms with Gasteiger partial charge in [-0.1, -0.05) is 29.7 Å². The number of nitrogens with zero attached hydrogens (tertiary/aromatic N) is 2. The number of ether oxygens (including phenoxy) is 1. The highest BCUT2D eigenvalue weighted by Crippen LogP contribution is 2.53. The Morgan fingerprint density at radius 2 is 2.00 bits per heavy atom. The number of nitrogens with one attached hydrogen (secondary N) is 1. The maximum atomic E-state index is 12.6. The van der Waals surface area contributed by atoms with Crippen LogP contribution in [0.2, 0.25) is 0 Å². The summed E-state index contributed by atoms with van der Waals surface area (Å²) < 4.78 is 5.61. The molecule has 1 aromatic carbocycles. The third-order valence-corrected chi connectivity index (χ3v) is 4.84. The fourth-order valence-corrected chi connectivity index (χ4v) is 3.59. The molecule has 1 N–H and O–H groups in total. The second-order valence-corrected chi connectivity index (χ2v) is 8.01. The number of benzene rings is 1. The number of piperidine rings is 1. The molecule has 1 aliphatic carbocycles. The zero-order valence-corrected chi connectivity index (χ0v) is 14.8. The van der Waals surface area contributed by atoms with Crippen molar-refractivity contribution in [3.63, 3.8) is 0 Å². The summed E-state index contributed by atoms with van der Waals surface area (Å²) in [5, 5.41) is 0. The number of H-pyrrole nitrogens is 1. The number of hydrogen-bond donors (Lipinski definition) is 1. The lowest BCUT2D eigenvalue weighted by atomic mass is 9.95. The fraction of sp³-hybridized carbons (Fsp3) is 0.474. The summed E-state index contributed by atoms with van der Waals surface area (Å²) in [6.07, 6.45) is 3.59. The quantitative estimate of drug-likeness (QED) is 0.859. The van der Waals surface area contributed by atoms with Crippen LogP contribution in [0.3, 0.4) is 0 Å². The summed E-state index contributed by atoms with van der Waals surface area (Å²) in [4.78, 5) is 22.4. The Bertz CT molecular complexity index is 794. The molecule has 6 heteroatoms. The molecule has 1 aromatic heterocycles. The Morgan fingerprint density at radius 1 is 1.28 bits per heavy atom. The maximum Gasteiger partial charge on any atom is 0.411 e. The Morgan fingerprint density at radius 3 is 2.68 bits per heavy atom. The largest absolute Gasteiger partial charge is 0.444 e. The van der Waals surface area contributed by atoms with Gasteiger partial charge in [-0.15, -0.1) is 0 Å². The van der Waals surface area contributed by atoms with Crippen molar-refractivity contribution in [2.75, 3.05) is 0 Å². The lowest BCUT2D eigenvalue weighted by Crippen LogP contribution is -2.38. The Balaban J connectivity index is 1.57. The van der Waals surface area contributed by atoms with Crippen LogP contribution >= 0.6 is 0 Å². The molecule has 25 heavy (non-hydrogen) atoms. The van der Waals surface area contributed by atoms with Crippen LogP contribution in [-0.2, 0) is 4.74 Å². The maximum absolute atomic E-state index is 12.6. The first-order valence-corrected chi connectivity index (χ1v) is 8.74. The van der Waals surface area contributed by atoms with E-state index in [0.717, 1.165) is 35.4 Å². The molecular formula is C19H22BN3O2. The van der Waals surface area contributed by atoms with Crippen molar-refractivity contribution >= 4 is 19.4 Å². The number of carbonyl (C=O) groups excluding carboxylic acids is 1. The van der Waals surface area contributed by atoms with Gasteiger partial charge < -0.3 is 9.72 Å². The van der Waals surface area contributed by atoms with Crippen molar-refractivity contribution in [2.45, 2.75) is 51.3 Å². The number of hydrogen-bond acceptors (Lipinski definition) is 3. The SMILES string of the molecule is [B]c1ccc(-c2cnc([C@@H]3C[C@H]4C[C@H]4N3C(=O)OC(C)(C)C)[nH]2)cc1. The average molecular weight is 335 g/mol. The highest BCUT2D eigenvalue weighted by Gasteiger charge is 2.56. The van der Waals surface area contributed by atoms with Gasteiger partial charge in [0.05, 0.1) is 17.9 Å². The number of amides is 1. The van der Waals surface area contributed by atoms with Crippen molar-refractivity contribution < 1.29 is 9.53 Å². The van der Waals surface area contributed by atoms with Gasteiger partial charge in [-0.25, -0.2) is 9.78 Å². The fourth-order valence-electron chi connectivity index (χ4n) is 3.59. The molecule has 2 aromatic rings. The lowest BCUT2D eigenvalue weighted by Gasteiger charge is -2.29. The van der Waals surface area contributed by atoms with Gasteiger partial charge >= 0.3 is 6.09 Å². The number of fused-ring (bicyclic) bond motifs is 1. The van der Waals surface area contributed by atoms with Crippen LogP contribution in [0.4, 0.5) is 4.79 Å². The van der Waals surface area contributed by atoms with Crippen LogP contribution in [0, 0.1) is 5.92 Å². The summed E-state index contributed by atoms with van der Waals surface area (Å²) in [6, 6.07) is 7.92. The van der Waals surface area contributed by atoms with E-state index in [4.69, 9.17) is 12.6 Å². The van der Waals surface area contributed by atoms with Crippen molar-refractivity contribution in [3.05, 3.63) is 36.3 Å². The minimum atomic E-state index is -0.493. The lowest BCUT2D eigenvalue weighted by molar-refractivity contribution is 0.0175. The first-order valence-electron chi connectivity index (χ1n) is 8.74. The van der Waals surface area contributed by atoms with Gasteiger partial charge in [0.2, 0.25) is 0 Å². The summed E-state index contributed by atoms with van der Waals surface area (Å²) in [5.41, 5.74) is 2.20. The normalized spacial score (nSPS) is 24.9. The number of rotatable bonds is 2. The molecule has 0 bridgehead atoms. The first-order chi connectivity index (χ1) is 11.8. The van der Waals surface area contributed by atoms with Crippen molar-refractivity contribution in [1.82, 2.24) is 14.9 Å². The summed E-state index contributed by atoms with van der Waals surface area (Å²) in [7, 11) is 5.75. The molecule has 2 heterocycles. The predicted octanol–water partition coefficient (Wildman–Crippen LogP) is 2.94. The number of imidazole rings is 1. The van der Waals surface area contributed by atoms with E-state index < -0.39 is 5.60 Å². The smallest absolute Gasteiger partial charge is 0.411 e. The minimum absolute atomic E-state index is 0.0406. The zero-order chi connectivity index (χ0) is 17.8. The number of aromatic nitrogens is 2. The molecule has 2 fully saturated rings. The van der Waals surface area contributed by atoms with E-state index in [9.17, 15) is 4.79 Å². The van der Waals surface area contributed by atoms with Gasteiger partial charge in [-0.05, 0) is 45.1 Å². The molecule has 4 rings (SSSR count). The molecular weight excluding hydrogens is 313 g/mol. The van der Waals surface area contributed by atoms with E-state index in [0.29, 0.717) is 12.0 Å². The average Bonchev–Trinajstić information content (AvgIpc) is 2.97. The van der Waals surface area contributed by atoms with E-state index in [2.05, 4.69) is 9.97 Å². The molecule has 5 nitrogen and oxygen atoms in total. The minimum Gasteiger partial charge on any atom is -0.444 e. The highest BCUT2D eigenvalue weighted by molar-refractivity contribution is 6.32. The van der Waals surface area contributed by atoms with Gasteiger partial charge in [0.15, 0.2) is 0 Å². The Hall–Kier alpha value is -2.24. The zero-order valence-electron chi connectivity index (χ0n) is 14.8. The molecule has 0 unspecified atom stereocenters. The second-order valence-electron chi connectivity index (χ2n) is 8.01. The monoisotopic (exact) mass is 335 g/mol. The molecule has 3 atom stereocenters. The molecule has 0 spiro atoms. The molecule has 2 aliphatic rings. The van der Waals surface area contributed by atoms with E-state index in [1.165, 1.54) is 0 Å². The van der Waals surface area contributed by atoms with E-state index in [-0.39, 0.29) is 12.1 Å². The molecule has 1 saturated heterocycles. The molecule has 2 radical (unpaired) electrons. The molecule has 1 saturated carbocycles. The summed E-state index contributed by atoms with van der Waals surface area (Å²) in [6.45, 7) is 5.69. The van der Waals surface area contributed by atoms with Gasteiger partial charge in [0, 0.05) is 6.04 Å². The summed E-state index contributed by atoms with van der Waals surface area (Å²) >= 11 is 0. The van der Waals surface area contributed by atoms with Gasteiger partial charge in [-0.2, -0.15) is 0 Å². The van der Waals surface area contributed by atoms with Crippen LogP contribution in [0.15, 0.2) is 30.5 Å². The van der Waals surface area contributed by atoms with Gasteiger partial charge in [0.25, 0.3) is 0 Å². The van der Waals surface area contributed by atoms with Crippen LogP contribution in [-0.4, -0.2) is 40.5 Å². The van der Waals surface area contributed by atoms with E-state index in [1.54, 1.807) is 0 Å². The number of carbonyl (C=O) groups is 1. The number of aromatic amines is 1. The summed E-state index contributed by atoms with van der Waals surface area (Å²) in [5.74, 6) is 1.40. The van der Waals surface area contributed by atoms with Gasteiger partial charge in [0.1, 0.15) is 19.3 Å². The standard InChI is InChI=1S/C19H22BN3O2/c1-19(2,3)25-18(24)23-15-8-12(15)9-16(23)17-21-10-14(22-17)11-4-6-13(20)7-5-11/h4-7,10,12,15-16H,8-9H2,1-3H3,(H,21,22)/t12-,15-,16+/m1/s1. The topological polar surface area (TPSA) is 58.2 Å². The van der Waals surface area contributed by atoms with Crippen molar-refractivity contribution in [1.29, 1.82) is 0 Å². The molecule has 1 amide bonds. The number of likely N-dealkylation sites (tertiary alicyclic amines) is 1. The Labute approximate surface area is 149 Å². The highest BCUT2D eigenvalue weighted by atomic mass is 16.6. The van der Waals surface area contributed by atoms with Gasteiger partial charge in [-0.3, -0.25) is 4.90 Å². The van der Waals surface area contributed by atoms with Crippen LogP contribution in [0.25, 0.3) is 11.3 Å². The Kier molecular flexibility index (Phi) is 3.67. The predicted molar refractivity (Wildman–Crippen MR) is 96.7 cm³/mol. The van der Waals surface area contributed by atoms with Crippen molar-refractivity contribution in [2.24, 2.45) is 5.92 Å². The van der Waals surface area contributed by atoms with E-state index in [1.807, 2.05) is 56.1 Å². The molecule has 1 aliphatic heterocycles.